The van der Waals surface area contributed by atoms with Crippen molar-refractivity contribution in [2.24, 2.45) is 0 Å². The zero-order valence-electron chi connectivity index (χ0n) is 8.88. The molecule has 0 aliphatic heterocycles. The molecule has 0 amide bonds. The first-order valence-electron chi connectivity index (χ1n) is 4.64. The van der Waals surface area contributed by atoms with Gasteiger partial charge in [-0.3, -0.25) is 9.59 Å². The van der Waals surface area contributed by atoms with Crippen LogP contribution in [0.25, 0.3) is 0 Å². The Bertz CT molecular complexity index is 441. The molecule has 0 unspecified atom stereocenters. The van der Waals surface area contributed by atoms with Gasteiger partial charge in [0.25, 0.3) is 0 Å². The molecular weight excluding hydrogens is 253 g/mol. The van der Waals surface area contributed by atoms with Crippen molar-refractivity contribution in [3.05, 3.63) is 35.4 Å². The Morgan fingerprint density at radius 3 is 2.47 bits per heavy atom. The second-order valence-corrected chi connectivity index (χ2v) is 4.43. The average Bonchev–Trinajstić information content (AvgIpc) is 2.25. The molecule has 0 radical (unpaired) electrons. The number of carbonyl (C=O) groups excluding carboxylic acids is 2. The van der Waals surface area contributed by atoms with Crippen LogP contribution in [0.2, 0.25) is 0 Å². The predicted molar refractivity (Wildman–Crippen MR) is 58.9 cm³/mol. The molecular formula is C11H9F3O2S. The molecule has 0 heterocycles. The highest BCUT2D eigenvalue weighted by atomic mass is 32.2. The zero-order valence-corrected chi connectivity index (χ0v) is 9.69. The highest BCUT2D eigenvalue weighted by Crippen LogP contribution is 2.29. The molecule has 1 aromatic carbocycles. The summed E-state index contributed by atoms with van der Waals surface area (Å²) >= 11 is 0.778. The van der Waals surface area contributed by atoms with Gasteiger partial charge in [0.2, 0.25) is 0 Å². The van der Waals surface area contributed by atoms with Crippen molar-refractivity contribution in [1.29, 1.82) is 0 Å². The summed E-state index contributed by atoms with van der Waals surface area (Å²) in [5.41, 5.74) is -0.898. The van der Waals surface area contributed by atoms with Crippen LogP contribution in [0.3, 0.4) is 0 Å². The van der Waals surface area contributed by atoms with E-state index in [1.165, 1.54) is 19.1 Å². The monoisotopic (exact) mass is 262 g/mol. The number of alkyl halides is 3. The number of ketones is 1. The van der Waals surface area contributed by atoms with Crippen LogP contribution in [0.4, 0.5) is 13.2 Å². The number of halogens is 3. The summed E-state index contributed by atoms with van der Waals surface area (Å²) in [5, 5.41) is -0.245. The van der Waals surface area contributed by atoms with E-state index in [4.69, 9.17) is 0 Å². The van der Waals surface area contributed by atoms with Crippen molar-refractivity contribution in [2.45, 2.75) is 13.1 Å². The zero-order chi connectivity index (χ0) is 13.1. The minimum Gasteiger partial charge on any atom is -0.293 e. The molecule has 17 heavy (non-hydrogen) atoms. The summed E-state index contributed by atoms with van der Waals surface area (Å²) in [4.78, 5) is 22.1. The Morgan fingerprint density at radius 1 is 1.29 bits per heavy atom. The lowest BCUT2D eigenvalue weighted by Gasteiger charge is -2.07. The van der Waals surface area contributed by atoms with E-state index in [0.29, 0.717) is 0 Å². The van der Waals surface area contributed by atoms with Crippen LogP contribution >= 0.6 is 11.8 Å². The van der Waals surface area contributed by atoms with Crippen molar-refractivity contribution in [3.8, 4) is 0 Å². The van der Waals surface area contributed by atoms with Gasteiger partial charge in [0.05, 0.1) is 11.3 Å². The minimum atomic E-state index is -4.47. The van der Waals surface area contributed by atoms with Crippen molar-refractivity contribution < 1.29 is 22.8 Å². The number of benzene rings is 1. The van der Waals surface area contributed by atoms with Crippen LogP contribution in [0, 0.1) is 0 Å². The van der Waals surface area contributed by atoms with Gasteiger partial charge in [-0.15, -0.1) is 0 Å². The maximum Gasteiger partial charge on any atom is 0.416 e. The molecule has 0 aliphatic rings. The summed E-state index contributed by atoms with van der Waals surface area (Å²) in [6.45, 7) is 1.30. The molecule has 0 saturated heterocycles. The van der Waals surface area contributed by atoms with Gasteiger partial charge in [0.1, 0.15) is 0 Å². The molecule has 0 saturated carbocycles. The minimum absolute atomic E-state index is 0.0337. The smallest absolute Gasteiger partial charge is 0.293 e. The van der Waals surface area contributed by atoms with Crippen LogP contribution in [0.15, 0.2) is 24.3 Å². The van der Waals surface area contributed by atoms with Crippen LogP contribution in [0.5, 0.6) is 0 Å². The Kier molecular flexibility index (Phi) is 4.34. The summed E-state index contributed by atoms with van der Waals surface area (Å²) in [6, 6.07) is 4.17. The SMILES string of the molecule is CC(=O)SCC(=O)c1cccc(C(F)(F)F)c1. The van der Waals surface area contributed by atoms with Gasteiger partial charge in [0.15, 0.2) is 10.9 Å². The quantitative estimate of drug-likeness (QED) is 0.785. The first-order chi connectivity index (χ1) is 7.80. The van der Waals surface area contributed by atoms with Gasteiger partial charge < -0.3 is 0 Å². The Morgan fingerprint density at radius 2 is 1.94 bits per heavy atom. The number of carbonyl (C=O) groups is 2. The fourth-order valence-corrected chi connectivity index (χ4v) is 1.62. The molecule has 6 heteroatoms. The molecule has 0 aromatic heterocycles. The standard InChI is InChI=1S/C11H9F3O2S/c1-7(15)17-6-10(16)8-3-2-4-9(5-8)11(12,13)14/h2-5H,6H2,1H3. The highest BCUT2D eigenvalue weighted by molar-refractivity contribution is 8.14. The summed E-state index contributed by atoms with van der Waals surface area (Å²) in [7, 11) is 0. The average molecular weight is 262 g/mol. The molecule has 1 aromatic rings. The lowest BCUT2D eigenvalue weighted by Crippen LogP contribution is -2.09. The first kappa shape index (κ1) is 13.8. The second-order valence-electron chi connectivity index (χ2n) is 3.28. The third kappa shape index (κ3) is 4.22. The molecule has 0 spiro atoms. The maximum atomic E-state index is 12.4. The Balaban J connectivity index is 2.85. The molecule has 0 atom stereocenters. The van der Waals surface area contributed by atoms with Gasteiger partial charge in [-0.25, -0.2) is 0 Å². The van der Waals surface area contributed by atoms with Crippen molar-refractivity contribution in [3.63, 3.8) is 0 Å². The first-order valence-corrected chi connectivity index (χ1v) is 5.63. The van der Waals surface area contributed by atoms with E-state index in [1.54, 1.807) is 0 Å². The normalized spacial score (nSPS) is 11.3. The molecule has 92 valence electrons. The fraction of sp³-hybridized carbons (Fsp3) is 0.273. The van der Waals surface area contributed by atoms with Crippen molar-refractivity contribution in [1.82, 2.24) is 0 Å². The van der Waals surface area contributed by atoms with Gasteiger partial charge >= 0.3 is 6.18 Å². The van der Waals surface area contributed by atoms with E-state index in [2.05, 4.69) is 0 Å². The molecule has 0 N–H and O–H groups in total. The van der Waals surface area contributed by atoms with Gasteiger partial charge in [-0.1, -0.05) is 23.9 Å². The second kappa shape index (κ2) is 5.35. The van der Waals surface area contributed by atoms with Crippen LogP contribution in [-0.2, 0) is 11.0 Å². The molecule has 0 bridgehead atoms. The van der Waals surface area contributed by atoms with E-state index in [1.807, 2.05) is 0 Å². The summed E-state index contributed by atoms with van der Waals surface area (Å²) in [6.07, 6.45) is -4.47. The molecule has 1 rings (SSSR count). The van der Waals surface area contributed by atoms with E-state index >= 15 is 0 Å². The van der Waals surface area contributed by atoms with Crippen molar-refractivity contribution in [2.75, 3.05) is 5.75 Å². The lowest BCUT2D eigenvalue weighted by atomic mass is 10.1. The number of hydrogen-bond acceptors (Lipinski definition) is 3. The third-order valence-corrected chi connectivity index (χ3v) is 2.73. The fourth-order valence-electron chi connectivity index (χ4n) is 1.12. The summed E-state index contributed by atoms with van der Waals surface area (Å²) in [5.74, 6) is -0.632. The number of hydrogen-bond donors (Lipinski definition) is 0. The van der Waals surface area contributed by atoms with Gasteiger partial charge in [0, 0.05) is 12.5 Å². The van der Waals surface area contributed by atoms with Gasteiger partial charge in [-0.05, 0) is 12.1 Å². The number of thioether (sulfide) groups is 1. The van der Waals surface area contributed by atoms with E-state index in [0.717, 1.165) is 23.9 Å². The van der Waals surface area contributed by atoms with E-state index in [9.17, 15) is 22.8 Å². The lowest BCUT2D eigenvalue weighted by molar-refractivity contribution is -0.137. The number of Topliss-reactive ketones (excluding diaryl/α,β-unsaturated/α-hetero) is 1. The van der Waals surface area contributed by atoms with Crippen LogP contribution in [0.1, 0.15) is 22.8 Å². The van der Waals surface area contributed by atoms with E-state index < -0.39 is 17.5 Å². The van der Waals surface area contributed by atoms with Crippen LogP contribution in [-0.4, -0.2) is 16.7 Å². The van der Waals surface area contributed by atoms with Crippen LogP contribution < -0.4 is 0 Å². The Hall–Kier alpha value is -1.30. The van der Waals surface area contributed by atoms with E-state index in [-0.39, 0.29) is 16.4 Å². The largest absolute Gasteiger partial charge is 0.416 e. The topological polar surface area (TPSA) is 34.1 Å². The number of rotatable bonds is 3. The maximum absolute atomic E-state index is 12.4. The van der Waals surface area contributed by atoms with Crippen molar-refractivity contribution >= 4 is 22.7 Å². The molecule has 0 aliphatic carbocycles. The van der Waals surface area contributed by atoms with Gasteiger partial charge in [-0.2, -0.15) is 13.2 Å². The third-order valence-electron chi connectivity index (χ3n) is 1.92. The summed E-state index contributed by atoms with van der Waals surface area (Å²) < 4.78 is 37.1. The predicted octanol–water partition coefficient (Wildman–Crippen LogP) is 3.17. The molecule has 0 fully saturated rings. The molecule has 2 nitrogen and oxygen atoms in total. The Labute approximate surface area is 100 Å². The highest BCUT2D eigenvalue weighted by Gasteiger charge is 2.30.